The number of nitrogens with zero attached hydrogens (tertiary/aromatic N) is 1. The van der Waals surface area contributed by atoms with Crippen molar-refractivity contribution >= 4 is 11.9 Å². The number of carboxylic acid groups (broad SMARTS) is 1. The Kier molecular flexibility index (Phi) is 5.44. The summed E-state index contributed by atoms with van der Waals surface area (Å²) in [4.78, 5) is 25.1. The summed E-state index contributed by atoms with van der Waals surface area (Å²) in [6.45, 7) is 3.44. The zero-order valence-corrected chi connectivity index (χ0v) is 12.5. The molecule has 0 aromatic carbocycles. The number of amides is 1. The number of piperidine rings is 1. The summed E-state index contributed by atoms with van der Waals surface area (Å²) in [7, 11) is 0. The van der Waals surface area contributed by atoms with E-state index in [1.54, 1.807) is 0 Å². The van der Waals surface area contributed by atoms with Crippen molar-refractivity contribution in [2.75, 3.05) is 13.1 Å². The molecule has 2 rings (SSSR count). The van der Waals surface area contributed by atoms with Crippen molar-refractivity contribution in [3.8, 4) is 0 Å². The molecule has 1 atom stereocenters. The van der Waals surface area contributed by atoms with Gasteiger partial charge in [-0.15, -0.1) is 0 Å². The highest BCUT2D eigenvalue weighted by atomic mass is 16.4. The molecule has 1 heterocycles. The Bertz CT molecular complexity index is 342. The molecule has 1 unspecified atom stereocenters. The van der Waals surface area contributed by atoms with E-state index in [0.717, 1.165) is 0 Å². The van der Waals surface area contributed by atoms with Crippen LogP contribution in [0.1, 0.15) is 58.3 Å². The van der Waals surface area contributed by atoms with Crippen LogP contribution in [0, 0.1) is 17.8 Å². The van der Waals surface area contributed by atoms with Crippen LogP contribution in [0.5, 0.6) is 0 Å². The van der Waals surface area contributed by atoms with Gasteiger partial charge in [-0.05, 0) is 24.7 Å². The highest BCUT2D eigenvalue weighted by molar-refractivity contribution is 5.77. The summed E-state index contributed by atoms with van der Waals surface area (Å²) in [5, 5.41) is 8.98. The van der Waals surface area contributed by atoms with Gasteiger partial charge in [-0.1, -0.05) is 39.0 Å². The van der Waals surface area contributed by atoms with Crippen molar-refractivity contribution in [1.29, 1.82) is 0 Å². The van der Waals surface area contributed by atoms with Gasteiger partial charge >= 0.3 is 5.97 Å². The van der Waals surface area contributed by atoms with Gasteiger partial charge in [0.05, 0.1) is 5.92 Å². The van der Waals surface area contributed by atoms with Gasteiger partial charge in [0.15, 0.2) is 0 Å². The number of carbonyl (C=O) groups is 2. The van der Waals surface area contributed by atoms with Crippen LogP contribution in [0.3, 0.4) is 0 Å². The Morgan fingerprint density at radius 2 is 1.70 bits per heavy atom. The molecule has 0 radical (unpaired) electrons. The van der Waals surface area contributed by atoms with E-state index in [9.17, 15) is 9.59 Å². The number of hydrogen-bond donors (Lipinski definition) is 1. The zero-order chi connectivity index (χ0) is 14.5. The standard InChI is InChI=1S/C16H27NO3/c1-12(13-5-3-2-4-6-13)11-15(18)17-9-7-14(8-10-17)16(19)20/h12-14H,2-11H2,1H3,(H,19,20). The van der Waals surface area contributed by atoms with Gasteiger partial charge in [-0.2, -0.15) is 0 Å². The topological polar surface area (TPSA) is 57.6 Å². The first-order valence-corrected chi connectivity index (χ1v) is 8.08. The van der Waals surface area contributed by atoms with Crippen LogP contribution in [0.4, 0.5) is 0 Å². The summed E-state index contributed by atoms with van der Waals surface area (Å²) in [5.74, 6) is 0.443. The molecular weight excluding hydrogens is 254 g/mol. The Labute approximate surface area is 121 Å². The van der Waals surface area contributed by atoms with Crippen molar-refractivity contribution in [1.82, 2.24) is 4.90 Å². The lowest BCUT2D eigenvalue weighted by atomic mass is 9.79. The molecule has 0 bridgehead atoms. The highest BCUT2D eigenvalue weighted by Crippen LogP contribution is 2.32. The van der Waals surface area contributed by atoms with Crippen LogP contribution in [0.25, 0.3) is 0 Å². The summed E-state index contributed by atoms with van der Waals surface area (Å²) >= 11 is 0. The van der Waals surface area contributed by atoms with Gasteiger partial charge in [0.1, 0.15) is 0 Å². The monoisotopic (exact) mass is 281 g/mol. The number of hydrogen-bond acceptors (Lipinski definition) is 2. The van der Waals surface area contributed by atoms with Gasteiger partial charge in [0.2, 0.25) is 5.91 Å². The quantitative estimate of drug-likeness (QED) is 0.862. The lowest BCUT2D eigenvalue weighted by Crippen LogP contribution is -2.41. The lowest BCUT2D eigenvalue weighted by Gasteiger charge is -2.33. The molecule has 0 spiro atoms. The predicted molar refractivity (Wildman–Crippen MR) is 77.3 cm³/mol. The normalized spacial score (nSPS) is 23.6. The molecule has 1 N–H and O–H groups in total. The molecule has 4 nitrogen and oxygen atoms in total. The van der Waals surface area contributed by atoms with E-state index >= 15 is 0 Å². The Morgan fingerprint density at radius 1 is 1.10 bits per heavy atom. The molecular formula is C16H27NO3. The van der Waals surface area contributed by atoms with E-state index in [4.69, 9.17) is 5.11 Å². The van der Waals surface area contributed by atoms with Crippen LogP contribution < -0.4 is 0 Å². The molecule has 2 aliphatic rings. The molecule has 20 heavy (non-hydrogen) atoms. The minimum atomic E-state index is -0.715. The second-order valence-corrected chi connectivity index (χ2v) is 6.57. The second kappa shape index (κ2) is 7.09. The van der Waals surface area contributed by atoms with Gasteiger partial charge in [0, 0.05) is 19.5 Å². The number of carbonyl (C=O) groups excluding carboxylic acids is 1. The van der Waals surface area contributed by atoms with E-state index in [1.165, 1.54) is 32.1 Å². The zero-order valence-electron chi connectivity index (χ0n) is 12.5. The van der Waals surface area contributed by atoms with Crippen molar-refractivity contribution in [3.05, 3.63) is 0 Å². The van der Waals surface area contributed by atoms with Crippen molar-refractivity contribution < 1.29 is 14.7 Å². The lowest BCUT2D eigenvalue weighted by molar-refractivity contribution is -0.146. The van der Waals surface area contributed by atoms with E-state index in [1.807, 2.05) is 4.90 Å². The van der Waals surface area contributed by atoms with Gasteiger partial charge in [-0.3, -0.25) is 9.59 Å². The fourth-order valence-corrected chi connectivity index (χ4v) is 3.65. The average molecular weight is 281 g/mol. The first kappa shape index (κ1) is 15.3. The Morgan fingerprint density at radius 3 is 2.25 bits per heavy atom. The third-order valence-corrected chi connectivity index (χ3v) is 5.15. The average Bonchev–Trinajstić information content (AvgIpc) is 2.48. The maximum atomic E-state index is 12.3. The fourth-order valence-electron chi connectivity index (χ4n) is 3.65. The molecule has 1 aliphatic heterocycles. The van der Waals surface area contributed by atoms with E-state index in [2.05, 4.69) is 6.92 Å². The molecule has 1 amide bonds. The van der Waals surface area contributed by atoms with Crippen LogP contribution in [-0.4, -0.2) is 35.0 Å². The molecule has 4 heteroatoms. The summed E-state index contributed by atoms with van der Waals surface area (Å²) in [5.41, 5.74) is 0. The third kappa shape index (κ3) is 3.97. The molecule has 1 saturated heterocycles. The Hall–Kier alpha value is -1.06. The fraction of sp³-hybridized carbons (Fsp3) is 0.875. The summed E-state index contributed by atoms with van der Waals surface area (Å²) < 4.78 is 0. The van der Waals surface area contributed by atoms with Crippen LogP contribution in [0.2, 0.25) is 0 Å². The van der Waals surface area contributed by atoms with E-state index < -0.39 is 5.97 Å². The van der Waals surface area contributed by atoms with Crippen LogP contribution in [-0.2, 0) is 9.59 Å². The molecule has 0 aromatic heterocycles. The van der Waals surface area contributed by atoms with Crippen molar-refractivity contribution in [2.24, 2.45) is 17.8 Å². The van der Waals surface area contributed by atoms with Crippen molar-refractivity contribution in [2.45, 2.75) is 58.3 Å². The molecule has 2 fully saturated rings. The van der Waals surface area contributed by atoms with Gasteiger partial charge in [-0.25, -0.2) is 0 Å². The van der Waals surface area contributed by atoms with E-state index in [0.29, 0.717) is 44.2 Å². The van der Waals surface area contributed by atoms with Crippen molar-refractivity contribution in [3.63, 3.8) is 0 Å². The van der Waals surface area contributed by atoms with Gasteiger partial charge < -0.3 is 10.0 Å². The second-order valence-electron chi connectivity index (χ2n) is 6.57. The Balaban J connectivity index is 1.76. The number of likely N-dealkylation sites (tertiary alicyclic amines) is 1. The predicted octanol–water partition coefficient (Wildman–Crippen LogP) is 2.92. The SMILES string of the molecule is CC(CC(=O)N1CCC(C(=O)O)CC1)C1CCCCC1. The largest absolute Gasteiger partial charge is 0.481 e. The van der Waals surface area contributed by atoms with E-state index in [-0.39, 0.29) is 11.8 Å². The molecule has 1 saturated carbocycles. The number of aliphatic carboxylic acids is 1. The molecule has 0 aromatic rings. The highest BCUT2D eigenvalue weighted by Gasteiger charge is 2.29. The minimum Gasteiger partial charge on any atom is -0.481 e. The summed E-state index contributed by atoms with van der Waals surface area (Å²) in [6.07, 6.45) is 8.38. The first-order valence-electron chi connectivity index (χ1n) is 8.08. The minimum absolute atomic E-state index is 0.229. The van der Waals surface area contributed by atoms with Gasteiger partial charge in [0.25, 0.3) is 0 Å². The maximum Gasteiger partial charge on any atom is 0.306 e. The first-order chi connectivity index (χ1) is 9.58. The number of carboxylic acids is 1. The van der Waals surface area contributed by atoms with Crippen LogP contribution >= 0.6 is 0 Å². The number of rotatable bonds is 4. The van der Waals surface area contributed by atoms with Crippen LogP contribution in [0.15, 0.2) is 0 Å². The molecule has 114 valence electrons. The molecule has 1 aliphatic carbocycles. The summed E-state index contributed by atoms with van der Waals surface area (Å²) in [6, 6.07) is 0. The third-order valence-electron chi connectivity index (χ3n) is 5.15. The maximum absolute atomic E-state index is 12.3. The smallest absolute Gasteiger partial charge is 0.306 e.